The largest absolute Gasteiger partial charge is 0.378 e. The van der Waals surface area contributed by atoms with Gasteiger partial charge in [0.15, 0.2) is 5.96 Å². The van der Waals surface area contributed by atoms with Crippen molar-refractivity contribution in [2.75, 3.05) is 44.2 Å². The van der Waals surface area contributed by atoms with E-state index in [0.717, 1.165) is 63.9 Å². The smallest absolute Gasteiger partial charge is 0.194 e. The van der Waals surface area contributed by atoms with Gasteiger partial charge in [0.05, 0.1) is 12.6 Å². The molecule has 0 bridgehead atoms. The van der Waals surface area contributed by atoms with Gasteiger partial charge >= 0.3 is 0 Å². The number of halogens is 1. The molecule has 2 fully saturated rings. The molecule has 1 N–H and O–H groups in total. The van der Waals surface area contributed by atoms with E-state index >= 15 is 0 Å². The third-order valence-corrected chi connectivity index (χ3v) is 5.13. The molecule has 152 valence electrons. The first-order valence-electron chi connectivity index (χ1n) is 10.1. The Labute approximate surface area is 180 Å². The fourth-order valence-corrected chi connectivity index (χ4v) is 3.74. The normalized spacial score (nSPS) is 18.5. The predicted molar refractivity (Wildman–Crippen MR) is 122 cm³/mol. The number of aliphatic imine (C=N–C) groups is 1. The molecule has 2 aliphatic heterocycles. The summed E-state index contributed by atoms with van der Waals surface area (Å²) in [5.74, 6) is 2.11. The van der Waals surface area contributed by atoms with Crippen LogP contribution in [0, 0.1) is 0 Å². The van der Waals surface area contributed by atoms with Crippen LogP contribution in [0.15, 0.2) is 23.3 Å². The fourth-order valence-electron chi connectivity index (χ4n) is 3.74. The van der Waals surface area contributed by atoms with E-state index < -0.39 is 0 Å². The third-order valence-electron chi connectivity index (χ3n) is 5.13. The molecule has 0 aromatic carbocycles. The summed E-state index contributed by atoms with van der Waals surface area (Å²) in [6.07, 6.45) is 7.01. The van der Waals surface area contributed by atoms with Gasteiger partial charge in [0.25, 0.3) is 0 Å². The van der Waals surface area contributed by atoms with Crippen LogP contribution in [0.4, 0.5) is 5.82 Å². The number of hydrogen-bond acceptors (Lipinski definition) is 4. The highest BCUT2D eigenvalue weighted by atomic mass is 127. The van der Waals surface area contributed by atoms with Gasteiger partial charge in [-0.1, -0.05) is 0 Å². The molecule has 0 atom stereocenters. The van der Waals surface area contributed by atoms with E-state index in [0.29, 0.717) is 12.6 Å². The van der Waals surface area contributed by atoms with Crippen LogP contribution in [-0.2, 0) is 11.3 Å². The minimum absolute atomic E-state index is 0. The van der Waals surface area contributed by atoms with Crippen LogP contribution >= 0.6 is 24.0 Å². The molecule has 0 saturated carbocycles. The van der Waals surface area contributed by atoms with Crippen LogP contribution in [0.2, 0.25) is 0 Å². The van der Waals surface area contributed by atoms with E-state index in [9.17, 15) is 0 Å². The maximum absolute atomic E-state index is 5.76. The van der Waals surface area contributed by atoms with Gasteiger partial charge in [-0.15, -0.1) is 24.0 Å². The summed E-state index contributed by atoms with van der Waals surface area (Å²) < 4.78 is 5.76. The molecule has 3 heterocycles. The highest BCUT2D eigenvalue weighted by molar-refractivity contribution is 14.0. The van der Waals surface area contributed by atoms with Crippen molar-refractivity contribution in [2.45, 2.75) is 52.2 Å². The van der Waals surface area contributed by atoms with Gasteiger partial charge < -0.3 is 19.9 Å². The zero-order valence-electron chi connectivity index (χ0n) is 16.7. The van der Waals surface area contributed by atoms with Gasteiger partial charge in [-0.05, 0) is 57.2 Å². The van der Waals surface area contributed by atoms with Gasteiger partial charge in [0.1, 0.15) is 5.82 Å². The van der Waals surface area contributed by atoms with Crippen molar-refractivity contribution in [3.05, 3.63) is 23.9 Å². The van der Waals surface area contributed by atoms with Crippen LogP contribution in [0.5, 0.6) is 0 Å². The summed E-state index contributed by atoms with van der Waals surface area (Å²) in [6.45, 7) is 10.8. The Morgan fingerprint density at radius 2 is 1.96 bits per heavy atom. The van der Waals surface area contributed by atoms with Crippen LogP contribution in [0.25, 0.3) is 0 Å². The summed E-state index contributed by atoms with van der Waals surface area (Å²) in [5.41, 5.74) is 1.22. The number of likely N-dealkylation sites (tertiary alicyclic amines) is 1. The molecule has 0 aliphatic carbocycles. The van der Waals surface area contributed by atoms with Crippen molar-refractivity contribution in [2.24, 2.45) is 4.99 Å². The second-order valence-corrected chi connectivity index (χ2v) is 7.03. The molecular weight excluding hydrogens is 453 g/mol. The number of pyridine rings is 1. The number of anilines is 1. The summed E-state index contributed by atoms with van der Waals surface area (Å²) in [4.78, 5) is 14.2. The first-order valence-corrected chi connectivity index (χ1v) is 10.1. The SMILES string of the molecule is CCNC(=NCc1ccnc(N2CCCC2)c1)N1CCC(OCC)CC1.I. The molecule has 0 spiro atoms. The first-order chi connectivity index (χ1) is 12.8. The second kappa shape index (κ2) is 11.7. The lowest BCUT2D eigenvalue weighted by Gasteiger charge is -2.34. The Kier molecular flexibility index (Phi) is 9.61. The number of nitrogens with zero attached hydrogens (tertiary/aromatic N) is 4. The van der Waals surface area contributed by atoms with Gasteiger partial charge in [-0.25, -0.2) is 9.98 Å². The van der Waals surface area contributed by atoms with Crippen molar-refractivity contribution in [1.29, 1.82) is 0 Å². The molecule has 1 aromatic rings. The molecule has 0 unspecified atom stereocenters. The van der Waals surface area contributed by atoms with Gasteiger partial charge in [0.2, 0.25) is 0 Å². The van der Waals surface area contributed by atoms with Crippen LogP contribution in [-0.4, -0.2) is 61.3 Å². The summed E-state index contributed by atoms with van der Waals surface area (Å²) in [5, 5.41) is 3.45. The summed E-state index contributed by atoms with van der Waals surface area (Å²) in [6, 6.07) is 4.27. The topological polar surface area (TPSA) is 53.0 Å². The standard InChI is InChI=1S/C20H33N5O.HI/c1-3-21-20(25-13-8-18(9-14-25)26-4-2)23-16-17-7-10-22-19(15-17)24-11-5-6-12-24;/h7,10,15,18H,3-6,8-9,11-14,16H2,1-2H3,(H,21,23);1H. The van der Waals surface area contributed by atoms with Crippen molar-refractivity contribution in [3.8, 4) is 0 Å². The van der Waals surface area contributed by atoms with Gasteiger partial charge in [-0.3, -0.25) is 0 Å². The monoisotopic (exact) mass is 487 g/mol. The zero-order chi connectivity index (χ0) is 18.2. The number of rotatable bonds is 6. The molecule has 27 heavy (non-hydrogen) atoms. The van der Waals surface area contributed by atoms with E-state index in [1.54, 1.807) is 0 Å². The average molecular weight is 487 g/mol. The number of hydrogen-bond donors (Lipinski definition) is 1. The summed E-state index contributed by atoms with van der Waals surface area (Å²) >= 11 is 0. The van der Waals surface area contributed by atoms with E-state index in [4.69, 9.17) is 9.73 Å². The Morgan fingerprint density at radius 1 is 1.22 bits per heavy atom. The quantitative estimate of drug-likeness (QED) is 0.379. The predicted octanol–water partition coefficient (Wildman–Crippen LogP) is 3.27. The Balaban J connectivity index is 0.00000261. The van der Waals surface area contributed by atoms with Gasteiger partial charge in [-0.2, -0.15) is 0 Å². The zero-order valence-corrected chi connectivity index (χ0v) is 19.0. The average Bonchev–Trinajstić information content (AvgIpc) is 3.21. The number of ether oxygens (including phenoxy) is 1. The van der Waals surface area contributed by atoms with Crippen molar-refractivity contribution < 1.29 is 4.74 Å². The lowest BCUT2D eigenvalue weighted by molar-refractivity contribution is 0.0263. The van der Waals surface area contributed by atoms with Crippen molar-refractivity contribution in [3.63, 3.8) is 0 Å². The Morgan fingerprint density at radius 3 is 2.63 bits per heavy atom. The number of piperidine rings is 1. The minimum atomic E-state index is 0. The molecule has 3 rings (SSSR count). The highest BCUT2D eigenvalue weighted by Crippen LogP contribution is 2.19. The molecule has 0 amide bonds. The van der Waals surface area contributed by atoms with E-state index in [2.05, 4.69) is 46.1 Å². The molecule has 6 nitrogen and oxygen atoms in total. The number of aromatic nitrogens is 1. The van der Waals surface area contributed by atoms with E-state index in [-0.39, 0.29) is 24.0 Å². The number of guanidine groups is 1. The Bertz CT molecular complexity index is 583. The van der Waals surface area contributed by atoms with Crippen LogP contribution < -0.4 is 10.2 Å². The lowest BCUT2D eigenvalue weighted by atomic mass is 10.1. The van der Waals surface area contributed by atoms with E-state index in [1.165, 1.54) is 18.4 Å². The maximum Gasteiger partial charge on any atom is 0.194 e. The van der Waals surface area contributed by atoms with Crippen molar-refractivity contribution in [1.82, 2.24) is 15.2 Å². The maximum atomic E-state index is 5.76. The molecule has 2 saturated heterocycles. The van der Waals surface area contributed by atoms with Gasteiger partial charge in [0, 0.05) is 45.5 Å². The fraction of sp³-hybridized carbons (Fsp3) is 0.700. The van der Waals surface area contributed by atoms with Crippen molar-refractivity contribution >= 4 is 35.8 Å². The number of nitrogens with one attached hydrogen (secondary N) is 1. The molecule has 2 aliphatic rings. The van der Waals surface area contributed by atoms with Crippen LogP contribution in [0.3, 0.4) is 0 Å². The second-order valence-electron chi connectivity index (χ2n) is 7.03. The molecule has 1 aromatic heterocycles. The first kappa shape index (κ1) is 22.2. The molecule has 7 heteroatoms. The minimum Gasteiger partial charge on any atom is -0.378 e. The highest BCUT2D eigenvalue weighted by Gasteiger charge is 2.21. The molecular formula is C20H34IN5O. The lowest BCUT2D eigenvalue weighted by Crippen LogP contribution is -2.47. The molecule has 0 radical (unpaired) electrons. The van der Waals surface area contributed by atoms with Crippen LogP contribution in [0.1, 0.15) is 45.1 Å². The van der Waals surface area contributed by atoms with E-state index in [1.807, 2.05) is 6.20 Å². The Hall–Kier alpha value is -1.09. The third kappa shape index (κ3) is 6.48. The summed E-state index contributed by atoms with van der Waals surface area (Å²) in [7, 11) is 0.